The Morgan fingerprint density at radius 3 is 2.66 bits per heavy atom. The van der Waals surface area contributed by atoms with E-state index in [0.717, 1.165) is 47.2 Å². The summed E-state index contributed by atoms with van der Waals surface area (Å²) in [6.45, 7) is 0. The molecule has 4 aromatic heterocycles. The van der Waals surface area contributed by atoms with Crippen molar-refractivity contribution < 1.29 is 4.79 Å². The summed E-state index contributed by atoms with van der Waals surface area (Å²) in [5.74, 6) is 0.463. The van der Waals surface area contributed by atoms with E-state index >= 15 is 0 Å². The highest BCUT2D eigenvalue weighted by Crippen LogP contribution is 2.51. The van der Waals surface area contributed by atoms with Gasteiger partial charge < -0.3 is 10.6 Å². The first-order chi connectivity index (χ1) is 17.0. The summed E-state index contributed by atoms with van der Waals surface area (Å²) < 4.78 is 1.86. The maximum Gasteiger partial charge on any atom is 0.254 e. The first kappa shape index (κ1) is 20.2. The van der Waals surface area contributed by atoms with Crippen molar-refractivity contribution in [2.24, 2.45) is 5.73 Å². The van der Waals surface area contributed by atoms with Crippen molar-refractivity contribution in [2.45, 2.75) is 43.2 Å². The number of hydrogen-bond donors (Lipinski definition) is 1. The van der Waals surface area contributed by atoms with Gasteiger partial charge in [-0.05, 0) is 49.4 Å². The topological polar surface area (TPSA) is 126 Å². The highest BCUT2D eigenvalue weighted by atomic mass is 16.2. The van der Waals surface area contributed by atoms with Gasteiger partial charge in [-0.3, -0.25) is 4.79 Å². The molecule has 4 aromatic rings. The Kier molecular flexibility index (Phi) is 4.01. The molecule has 1 saturated carbocycles. The molecular weight excluding hydrogens is 440 g/mol. The molecule has 0 radical (unpaired) electrons. The summed E-state index contributed by atoms with van der Waals surface area (Å²) in [5.41, 5.74) is 12.3. The summed E-state index contributed by atoms with van der Waals surface area (Å²) in [4.78, 5) is 28.4. The van der Waals surface area contributed by atoms with Crippen LogP contribution >= 0.6 is 0 Å². The number of carbonyl (C=O) groups excluding carboxylic acids is 1. The molecule has 5 heterocycles. The lowest BCUT2D eigenvalue weighted by Gasteiger charge is -2.36. The number of hydrogen-bond acceptors (Lipinski definition) is 7. The lowest BCUT2D eigenvalue weighted by atomic mass is 9.77. The minimum Gasteiger partial charge on any atom is -0.333 e. The summed E-state index contributed by atoms with van der Waals surface area (Å²) in [6.07, 6.45) is 10.8. The number of nitrogens with zero attached hydrogens (tertiary/aromatic N) is 7. The van der Waals surface area contributed by atoms with E-state index in [4.69, 9.17) is 10.8 Å². The molecular formula is C26H22N8O. The first-order valence-electron chi connectivity index (χ1n) is 11.8. The van der Waals surface area contributed by atoms with Crippen LogP contribution in [0.5, 0.6) is 0 Å². The van der Waals surface area contributed by atoms with E-state index in [2.05, 4.69) is 27.1 Å². The fourth-order valence-corrected chi connectivity index (χ4v) is 5.87. The van der Waals surface area contributed by atoms with Gasteiger partial charge >= 0.3 is 0 Å². The molecule has 35 heavy (non-hydrogen) atoms. The minimum absolute atomic E-state index is 0.101. The third-order valence-electron chi connectivity index (χ3n) is 7.96. The van der Waals surface area contributed by atoms with Crippen molar-refractivity contribution in [3.8, 4) is 17.2 Å². The monoisotopic (exact) mass is 462 g/mol. The Labute approximate surface area is 201 Å². The Morgan fingerprint density at radius 1 is 1.14 bits per heavy atom. The lowest BCUT2D eigenvalue weighted by Crippen LogP contribution is -2.44. The molecule has 7 rings (SSSR count). The zero-order valence-electron chi connectivity index (χ0n) is 19.1. The number of nitrogens with two attached hydrogens (primary N) is 1. The normalized spacial score (nSPS) is 21.7. The standard InChI is InChI=1S/C26H22N8O/c1-33-20-10-17(21-16(24(33)35)3-7-29-18(21)11-27)22-19-9-14(4-8-34(19)32-23(20)22)15-12-30-25(31-13-15)26(28)5-2-6-26/h3-4,7-9,12-13,17,20H,2,5-6,10,28H2,1H3. The first-order valence-corrected chi connectivity index (χ1v) is 11.8. The molecule has 0 spiro atoms. The van der Waals surface area contributed by atoms with Gasteiger partial charge in [-0.25, -0.2) is 19.5 Å². The van der Waals surface area contributed by atoms with Gasteiger partial charge in [-0.2, -0.15) is 10.4 Å². The van der Waals surface area contributed by atoms with E-state index in [1.165, 1.54) is 6.20 Å². The quantitative estimate of drug-likeness (QED) is 0.485. The van der Waals surface area contributed by atoms with Crippen LogP contribution in [0.3, 0.4) is 0 Å². The molecule has 2 bridgehead atoms. The molecule has 0 saturated heterocycles. The van der Waals surface area contributed by atoms with Crippen LogP contribution in [0.1, 0.15) is 76.3 Å². The van der Waals surface area contributed by atoms with Crippen molar-refractivity contribution in [1.82, 2.24) is 29.5 Å². The zero-order valence-corrected chi connectivity index (χ0v) is 19.1. The van der Waals surface area contributed by atoms with E-state index in [-0.39, 0.29) is 17.9 Å². The van der Waals surface area contributed by atoms with E-state index in [1.807, 2.05) is 29.2 Å². The molecule has 9 nitrogen and oxygen atoms in total. The van der Waals surface area contributed by atoms with Crippen LogP contribution in [-0.4, -0.2) is 42.4 Å². The van der Waals surface area contributed by atoms with E-state index in [1.54, 1.807) is 18.0 Å². The Morgan fingerprint density at radius 2 is 1.94 bits per heavy atom. The minimum atomic E-state index is -0.395. The molecule has 2 atom stereocenters. The zero-order chi connectivity index (χ0) is 23.9. The van der Waals surface area contributed by atoms with Gasteiger partial charge in [0.05, 0.1) is 22.8 Å². The SMILES string of the molecule is CN1C(=O)c2ccnc(C#N)c2C2CC1c1nn3ccc(-c4cnc(C5(N)CCC5)nc4)cc3c12. The van der Waals surface area contributed by atoms with Gasteiger partial charge in [0.1, 0.15) is 17.6 Å². The second-order valence-electron chi connectivity index (χ2n) is 9.80. The van der Waals surface area contributed by atoms with E-state index in [0.29, 0.717) is 29.1 Å². The van der Waals surface area contributed by atoms with Crippen LogP contribution in [0.25, 0.3) is 16.6 Å². The fourth-order valence-electron chi connectivity index (χ4n) is 5.87. The van der Waals surface area contributed by atoms with Crippen molar-refractivity contribution in [1.29, 1.82) is 5.26 Å². The summed E-state index contributed by atoms with van der Waals surface area (Å²) in [5, 5.41) is 14.7. The summed E-state index contributed by atoms with van der Waals surface area (Å²) in [6, 6.07) is 7.84. The lowest BCUT2D eigenvalue weighted by molar-refractivity contribution is 0.0734. The van der Waals surface area contributed by atoms with E-state index < -0.39 is 5.54 Å². The number of rotatable bonds is 2. The van der Waals surface area contributed by atoms with Crippen molar-refractivity contribution >= 4 is 11.4 Å². The smallest absolute Gasteiger partial charge is 0.254 e. The number of fused-ring (bicyclic) bond motifs is 9. The molecule has 1 amide bonds. The molecule has 2 N–H and O–H groups in total. The maximum absolute atomic E-state index is 13.2. The Hall–Kier alpha value is -4.16. The maximum atomic E-state index is 13.2. The highest BCUT2D eigenvalue weighted by molar-refractivity contribution is 5.98. The molecule has 2 aliphatic carbocycles. The Bertz CT molecular complexity index is 1580. The average molecular weight is 463 g/mol. The largest absolute Gasteiger partial charge is 0.333 e. The number of amides is 1. The summed E-state index contributed by atoms with van der Waals surface area (Å²) in [7, 11) is 1.81. The van der Waals surface area contributed by atoms with E-state index in [9.17, 15) is 10.1 Å². The van der Waals surface area contributed by atoms with Crippen LogP contribution in [-0.2, 0) is 5.54 Å². The third-order valence-corrected chi connectivity index (χ3v) is 7.96. The summed E-state index contributed by atoms with van der Waals surface area (Å²) >= 11 is 0. The van der Waals surface area contributed by atoms with Crippen LogP contribution in [0.4, 0.5) is 0 Å². The molecule has 0 aromatic carbocycles. The molecule has 2 unspecified atom stereocenters. The number of carbonyl (C=O) groups is 1. The molecule has 172 valence electrons. The van der Waals surface area contributed by atoms with Crippen molar-refractivity contribution in [3.63, 3.8) is 0 Å². The number of pyridine rings is 2. The van der Waals surface area contributed by atoms with Gasteiger partial charge in [0.2, 0.25) is 0 Å². The predicted octanol–water partition coefficient (Wildman–Crippen LogP) is 3.06. The van der Waals surface area contributed by atoms with Gasteiger partial charge in [0.15, 0.2) is 0 Å². The van der Waals surface area contributed by atoms with Crippen LogP contribution in [0, 0.1) is 11.3 Å². The second-order valence-corrected chi connectivity index (χ2v) is 9.80. The van der Waals surface area contributed by atoms with Gasteiger partial charge in [0, 0.05) is 60.0 Å². The van der Waals surface area contributed by atoms with Crippen molar-refractivity contribution in [3.05, 3.63) is 76.9 Å². The molecule has 1 fully saturated rings. The van der Waals surface area contributed by atoms with Gasteiger partial charge in [0.25, 0.3) is 5.91 Å². The molecule has 9 heteroatoms. The number of aromatic nitrogens is 5. The Balaban J connectivity index is 1.38. The third kappa shape index (κ3) is 2.68. The fraction of sp³-hybridized carbons (Fsp3) is 0.308. The van der Waals surface area contributed by atoms with Gasteiger partial charge in [-0.1, -0.05) is 0 Å². The van der Waals surface area contributed by atoms with Crippen molar-refractivity contribution in [2.75, 3.05) is 7.05 Å². The molecule has 1 aliphatic heterocycles. The predicted molar refractivity (Wildman–Crippen MR) is 126 cm³/mol. The average Bonchev–Trinajstić information content (AvgIpc) is 3.39. The second kappa shape index (κ2) is 6.93. The van der Waals surface area contributed by atoms with Crippen LogP contribution < -0.4 is 5.73 Å². The molecule has 3 aliphatic rings. The van der Waals surface area contributed by atoms with Gasteiger partial charge in [-0.15, -0.1) is 0 Å². The highest BCUT2D eigenvalue weighted by Gasteiger charge is 2.45. The number of nitriles is 1. The van der Waals surface area contributed by atoms with Crippen LogP contribution in [0.2, 0.25) is 0 Å². The van der Waals surface area contributed by atoms with Crippen LogP contribution in [0.15, 0.2) is 43.0 Å².